The van der Waals surface area contributed by atoms with Gasteiger partial charge in [-0.1, -0.05) is 18.5 Å². The van der Waals surface area contributed by atoms with Gasteiger partial charge in [-0.05, 0) is 26.7 Å². The number of ether oxygens (including phenoxy) is 1. The highest BCUT2D eigenvalue weighted by Gasteiger charge is 2.44. The van der Waals surface area contributed by atoms with Gasteiger partial charge in [0.1, 0.15) is 35.2 Å². The van der Waals surface area contributed by atoms with E-state index in [1.165, 1.54) is 0 Å². The van der Waals surface area contributed by atoms with Crippen molar-refractivity contribution in [1.82, 2.24) is 14.5 Å². The fourth-order valence-corrected chi connectivity index (χ4v) is 6.30. The number of rotatable bonds is 9. The zero-order valence-corrected chi connectivity index (χ0v) is 19.9. The summed E-state index contributed by atoms with van der Waals surface area (Å²) in [5.74, 6) is 0.495. The molecule has 0 saturated heterocycles. The quantitative estimate of drug-likeness (QED) is 0.327. The van der Waals surface area contributed by atoms with Crippen molar-refractivity contribution in [2.24, 2.45) is 4.99 Å². The van der Waals surface area contributed by atoms with E-state index in [0.717, 1.165) is 5.56 Å². The Morgan fingerprint density at radius 1 is 1.35 bits per heavy atom. The average molecular weight is 473 g/mol. The van der Waals surface area contributed by atoms with Gasteiger partial charge in [-0.3, -0.25) is 9.56 Å². The highest BCUT2D eigenvalue weighted by molar-refractivity contribution is 7.58. The molecule has 0 aromatic carbocycles. The molecule has 0 bridgehead atoms. The summed E-state index contributed by atoms with van der Waals surface area (Å²) in [5, 5.41) is 22.4. The van der Waals surface area contributed by atoms with Gasteiger partial charge in [0.2, 0.25) is 7.37 Å². The van der Waals surface area contributed by atoms with Crippen molar-refractivity contribution in [3.63, 3.8) is 0 Å². The molecule has 172 valence electrons. The van der Waals surface area contributed by atoms with E-state index in [4.69, 9.17) is 20.9 Å². The van der Waals surface area contributed by atoms with Crippen LogP contribution in [0.5, 0.6) is 0 Å². The number of hydrogen-bond acceptors (Lipinski definition) is 8. The first-order valence-corrected chi connectivity index (χ1v) is 12.8. The first-order chi connectivity index (χ1) is 14.7. The van der Waals surface area contributed by atoms with Crippen molar-refractivity contribution in [2.45, 2.75) is 58.0 Å². The Bertz CT molecular complexity index is 988. The number of aliphatic hydroxyl groups is 2. The summed E-state index contributed by atoms with van der Waals surface area (Å²) in [6.07, 6.45) is 1.85. The molecule has 1 aliphatic rings. The van der Waals surface area contributed by atoms with Gasteiger partial charge in [0.05, 0.1) is 24.1 Å². The molecular weight excluding hydrogens is 443 g/mol. The Hall–Kier alpha value is -1.35. The van der Waals surface area contributed by atoms with Crippen LogP contribution in [0.2, 0.25) is 5.15 Å². The molecule has 3 rings (SSSR count). The van der Waals surface area contributed by atoms with Crippen LogP contribution in [-0.2, 0) is 13.8 Å². The number of aromatic nitrogens is 3. The molecule has 11 heteroatoms. The lowest BCUT2D eigenvalue weighted by Crippen LogP contribution is -2.33. The first kappa shape index (κ1) is 24.3. The molecule has 0 spiro atoms. The van der Waals surface area contributed by atoms with Crippen molar-refractivity contribution in [1.29, 1.82) is 0 Å². The Morgan fingerprint density at radius 3 is 2.74 bits per heavy atom. The molecule has 1 saturated carbocycles. The Balaban J connectivity index is 1.89. The summed E-state index contributed by atoms with van der Waals surface area (Å²) in [7, 11) is -1.29. The van der Waals surface area contributed by atoms with Gasteiger partial charge in [-0.25, -0.2) is 9.97 Å². The number of aryl methyl sites for hydroxylation is 1. The minimum absolute atomic E-state index is 0.0941. The number of aliphatic imine (C=N–C) groups is 1. The molecule has 2 aromatic rings. The molecule has 1 fully saturated rings. The van der Waals surface area contributed by atoms with Crippen molar-refractivity contribution < 1.29 is 24.0 Å². The van der Waals surface area contributed by atoms with Crippen LogP contribution in [0.1, 0.15) is 44.1 Å². The zero-order valence-electron chi connectivity index (χ0n) is 18.2. The van der Waals surface area contributed by atoms with Crippen LogP contribution in [0.15, 0.2) is 11.2 Å². The molecule has 31 heavy (non-hydrogen) atoms. The van der Waals surface area contributed by atoms with Gasteiger partial charge in [0, 0.05) is 31.2 Å². The predicted molar refractivity (Wildman–Crippen MR) is 121 cm³/mol. The number of hydrogen-bond donors (Lipinski definition) is 2. The third-order valence-electron chi connectivity index (χ3n) is 5.41. The highest BCUT2D eigenvalue weighted by Crippen LogP contribution is 2.48. The van der Waals surface area contributed by atoms with Crippen LogP contribution in [0, 0.1) is 6.92 Å². The molecule has 2 N–H and O–H groups in total. The van der Waals surface area contributed by atoms with Crippen LogP contribution < -0.4 is 0 Å². The molecular formula is C20H30ClN4O5P. The van der Waals surface area contributed by atoms with E-state index in [2.05, 4.69) is 15.0 Å². The SMILES string of the molecule is CCCP(=O)(CO[C@H]1C[C@@H](n2cc(C=NC)c3c(Cl)nc(C)nc32)[C@H](O)[C@@H]1O)OCC. The van der Waals surface area contributed by atoms with E-state index < -0.39 is 31.7 Å². The Kier molecular flexibility index (Phi) is 7.89. The van der Waals surface area contributed by atoms with E-state index in [0.29, 0.717) is 47.6 Å². The standard InChI is InChI=1S/C20H30ClN4O5P/c1-5-7-31(28,30-6-2)11-29-15-8-14(17(26)18(15)27)25-10-13(9-22-4)16-19(21)23-12(3)24-20(16)25/h9-10,14-15,17-18,26-27H,5-8,11H2,1-4H3/t14-,15+,17+,18-,31?/m1/s1. The Morgan fingerprint density at radius 2 is 2.10 bits per heavy atom. The van der Waals surface area contributed by atoms with E-state index in [-0.39, 0.29) is 6.35 Å². The van der Waals surface area contributed by atoms with Gasteiger partial charge in [-0.2, -0.15) is 0 Å². The van der Waals surface area contributed by atoms with Gasteiger partial charge < -0.3 is 24.0 Å². The number of aliphatic hydroxyl groups excluding tert-OH is 2. The van der Waals surface area contributed by atoms with Gasteiger partial charge in [0.25, 0.3) is 0 Å². The predicted octanol–water partition coefficient (Wildman–Crippen LogP) is 3.18. The third-order valence-corrected chi connectivity index (χ3v) is 8.08. The maximum atomic E-state index is 12.9. The van der Waals surface area contributed by atoms with E-state index in [1.54, 1.807) is 37.9 Å². The van der Waals surface area contributed by atoms with Crippen molar-refractivity contribution in [2.75, 3.05) is 26.2 Å². The lowest BCUT2D eigenvalue weighted by molar-refractivity contribution is -0.0469. The van der Waals surface area contributed by atoms with E-state index >= 15 is 0 Å². The summed E-state index contributed by atoms with van der Waals surface area (Å²) in [6, 6.07) is -0.510. The molecule has 5 atom stereocenters. The monoisotopic (exact) mass is 472 g/mol. The summed E-state index contributed by atoms with van der Waals surface area (Å²) in [4.78, 5) is 12.8. The van der Waals surface area contributed by atoms with Crippen molar-refractivity contribution in [3.8, 4) is 0 Å². The van der Waals surface area contributed by atoms with Crippen LogP contribution >= 0.6 is 19.0 Å². The second kappa shape index (κ2) is 10.1. The summed E-state index contributed by atoms with van der Waals surface area (Å²) in [6.45, 7) is 5.78. The highest BCUT2D eigenvalue weighted by atomic mass is 35.5. The van der Waals surface area contributed by atoms with Crippen LogP contribution in [0.3, 0.4) is 0 Å². The van der Waals surface area contributed by atoms with Gasteiger partial charge >= 0.3 is 0 Å². The van der Waals surface area contributed by atoms with Crippen LogP contribution in [0.4, 0.5) is 0 Å². The normalized spacial score (nSPS) is 26.2. The molecule has 0 radical (unpaired) electrons. The zero-order chi connectivity index (χ0) is 22.8. The minimum atomic E-state index is -2.94. The second-order valence-corrected chi connectivity index (χ2v) is 10.7. The maximum Gasteiger partial charge on any atom is 0.227 e. The smallest absolute Gasteiger partial charge is 0.227 e. The molecule has 2 aromatic heterocycles. The van der Waals surface area contributed by atoms with E-state index in [9.17, 15) is 14.8 Å². The molecule has 1 unspecified atom stereocenters. The average Bonchev–Trinajstić information content (AvgIpc) is 3.19. The fourth-order valence-electron chi connectivity index (χ4n) is 4.09. The first-order valence-electron chi connectivity index (χ1n) is 10.4. The minimum Gasteiger partial charge on any atom is -0.388 e. The van der Waals surface area contributed by atoms with Gasteiger partial charge in [0.15, 0.2) is 0 Å². The van der Waals surface area contributed by atoms with Crippen molar-refractivity contribution >= 4 is 36.2 Å². The largest absolute Gasteiger partial charge is 0.388 e. The topological polar surface area (TPSA) is 119 Å². The van der Waals surface area contributed by atoms with E-state index in [1.807, 2.05) is 6.92 Å². The lowest BCUT2D eigenvalue weighted by Gasteiger charge is -2.22. The Labute approximate surface area is 186 Å². The number of fused-ring (bicyclic) bond motifs is 1. The second-order valence-electron chi connectivity index (χ2n) is 7.71. The lowest BCUT2D eigenvalue weighted by atomic mass is 10.2. The molecule has 0 aliphatic heterocycles. The van der Waals surface area contributed by atoms with Gasteiger partial charge in [-0.15, -0.1) is 0 Å². The molecule has 2 heterocycles. The van der Waals surface area contributed by atoms with Crippen LogP contribution in [-0.4, -0.2) is 75.4 Å². The number of halogens is 1. The number of nitrogens with zero attached hydrogens (tertiary/aromatic N) is 4. The molecule has 0 amide bonds. The molecule has 9 nitrogen and oxygen atoms in total. The third kappa shape index (κ3) is 5.02. The maximum absolute atomic E-state index is 12.9. The molecule has 1 aliphatic carbocycles. The summed E-state index contributed by atoms with van der Waals surface area (Å²) in [5.41, 5.74) is 1.27. The summed E-state index contributed by atoms with van der Waals surface area (Å²) >= 11 is 6.37. The fraction of sp³-hybridized carbons (Fsp3) is 0.650. The van der Waals surface area contributed by atoms with Crippen LogP contribution in [0.25, 0.3) is 11.0 Å². The summed E-state index contributed by atoms with van der Waals surface area (Å²) < 4.78 is 26.0. The van der Waals surface area contributed by atoms with Crippen molar-refractivity contribution in [3.05, 3.63) is 22.7 Å².